The van der Waals surface area contributed by atoms with Crippen molar-refractivity contribution < 1.29 is 20.4 Å². The molecule has 0 spiro atoms. The Morgan fingerprint density at radius 2 is 0.800 bits per heavy atom. The van der Waals surface area contributed by atoms with E-state index in [1.54, 1.807) is 0 Å². The van der Waals surface area contributed by atoms with Crippen molar-refractivity contribution in [2.45, 2.75) is 37.3 Å². The lowest BCUT2D eigenvalue weighted by Crippen LogP contribution is -2.44. The minimum atomic E-state index is -0.890. The fourth-order valence-electron chi connectivity index (χ4n) is 1.12. The standard InChI is InChI=1S/C6H12O4/c7-3-1-4(8)6(10)2-5(3)9/h3-10H,1-2H2/t3-,4?,5+,6?. The Morgan fingerprint density at radius 1 is 0.600 bits per heavy atom. The molecule has 10 heavy (non-hydrogen) atoms. The quantitative estimate of drug-likeness (QED) is 0.327. The van der Waals surface area contributed by atoms with Crippen LogP contribution in [0.25, 0.3) is 0 Å². The van der Waals surface area contributed by atoms with Crippen LogP contribution in [-0.4, -0.2) is 44.8 Å². The highest BCUT2D eigenvalue weighted by atomic mass is 16.4. The predicted octanol–water partition coefficient (Wildman–Crippen LogP) is -1.78. The second-order valence-corrected chi connectivity index (χ2v) is 2.74. The van der Waals surface area contributed by atoms with E-state index in [9.17, 15) is 0 Å². The van der Waals surface area contributed by atoms with Gasteiger partial charge in [-0.2, -0.15) is 0 Å². The number of hydrogen-bond acceptors (Lipinski definition) is 4. The average Bonchev–Trinajstić information content (AvgIpc) is 1.84. The number of hydrogen-bond donors (Lipinski definition) is 4. The molecular weight excluding hydrogens is 136 g/mol. The van der Waals surface area contributed by atoms with Gasteiger partial charge in [-0.3, -0.25) is 0 Å². The zero-order valence-corrected chi connectivity index (χ0v) is 5.51. The zero-order valence-electron chi connectivity index (χ0n) is 5.51. The van der Waals surface area contributed by atoms with Crippen LogP contribution in [-0.2, 0) is 0 Å². The Balaban J connectivity index is 2.46. The summed E-state index contributed by atoms with van der Waals surface area (Å²) in [6.45, 7) is 0. The highest BCUT2D eigenvalue weighted by Crippen LogP contribution is 2.19. The summed E-state index contributed by atoms with van der Waals surface area (Å²) in [4.78, 5) is 0. The third kappa shape index (κ3) is 1.46. The van der Waals surface area contributed by atoms with Gasteiger partial charge in [0.1, 0.15) is 0 Å². The molecule has 0 aromatic heterocycles. The van der Waals surface area contributed by atoms with Crippen LogP contribution in [0.2, 0.25) is 0 Å². The van der Waals surface area contributed by atoms with Gasteiger partial charge in [0.2, 0.25) is 0 Å². The molecule has 1 rings (SSSR count). The van der Waals surface area contributed by atoms with Crippen LogP contribution in [0.15, 0.2) is 0 Å². The van der Waals surface area contributed by atoms with Gasteiger partial charge in [-0.1, -0.05) is 0 Å². The fraction of sp³-hybridized carbons (Fsp3) is 1.00. The largest absolute Gasteiger partial charge is 0.390 e. The number of aliphatic hydroxyl groups is 4. The first-order valence-corrected chi connectivity index (χ1v) is 3.33. The normalized spacial score (nSPS) is 49.2. The highest BCUT2D eigenvalue weighted by molar-refractivity contribution is 4.84. The summed E-state index contributed by atoms with van der Waals surface area (Å²) in [6, 6.07) is 0. The van der Waals surface area contributed by atoms with Crippen LogP contribution in [0.4, 0.5) is 0 Å². The topological polar surface area (TPSA) is 80.9 Å². The molecule has 2 unspecified atom stereocenters. The number of aliphatic hydroxyl groups excluding tert-OH is 4. The molecule has 4 atom stereocenters. The van der Waals surface area contributed by atoms with Gasteiger partial charge < -0.3 is 20.4 Å². The highest BCUT2D eigenvalue weighted by Gasteiger charge is 2.32. The summed E-state index contributed by atoms with van der Waals surface area (Å²) in [5, 5.41) is 35.8. The molecule has 0 amide bonds. The van der Waals surface area contributed by atoms with Gasteiger partial charge in [-0.05, 0) is 0 Å². The van der Waals surface area contributed by atoms with Crippen molar-refractivity contribution >= 4 is 0 Å². The van der Waals surface area contributed by atoms with Crippen molar-refractivity contribution in [3.05, 3.63) is 0 Å². The molecule has 4 N–H and O–H groups in total. The summed E-state index contributed by atoms with van der Waals surface area (Å²) in [6.07, 6.45) is -3.45. The molecule has 0 bridgehead atoms. The van der Waals surface area contributed by atoms with Crippen molar-refractivity contribution in [2.24, 2.45) is 0 Å². The molecule has 4 heteroatoms. The van der Waals surface area contributed by atoms with Gasteiger partial charge >= 0.3 is 0 Å². The first kappa shape index (κ1) is 7.94. The van der Waals surface area contributed by atoms with Crippen molar-refractivity contribution in [1.29, 1.82) is 0 Å². The fourth-order valence-corrected chi connectivity index (χ4v) is 1.12. The SMILES string of the molecule is OC1C[C@@H](O)[C@@H](O)CC1O. The molecule has 0 aromatic rings. The Labute approximate surface area is 58.7 Å². The summed E-state index contributed by atoms with van der Waals surface area (Å²) in [5.74, 6) is 0. The molecule has 0 heterocycles. The maximum absolute atomic E-state index is 8.94. The summed E-state index contributed by atoms with van der Waals surface area (Å²) in [7, 11) is 0. The third-order valence-corrected chi connectivity index (χ3v) is 1.85. The van der Waals surface area contributed by atoms with Crippen molar-refractivity contribution in [3.63, 3.8) is 0 Å². The average molecular weight is 148 g/mol. The minimum absolute atomic E-state index is 0.0579. The molecule has 0 saturated heterocycles. The molecular formula is C6H12O4. The van der Waals surface area contributed by atoms with Crippen molar-refractivity contribution in [3.8, 4) is 0 Å². The maximum atomic E-state index is 8.94. The Morgan fingerprint density at radius 3 is 1.00 bits per heavy atom. The first-order chi connectivity index (χ1) is 4.61. The van der Waals surface area contributed by atoms with Crippen molar-refractivity contribution in [1.82, 2.24) is 0 Å². The molecule has 60 valence electrons. The molecule has 1 aliphatic carbocycles. The predicted molar refractivity (Wildman–Crippen MR) is 33.3 cm³/mol. The van der Waals surface area contributed by atoms with Crippen LogP contribution < -0.4 is 0 Å². The van der Waals surface area contributed by atoms with Gasteiger partial charge in [-0.25, -0.2) is 0 Å². The summed E-state index contributed by atoms with van der Waals surface area (Å²) in [5.41, 5.74) is 0. The van der Waals surface area contributed by atoms with Gasteiger partial charge in [0, 0.05) is 12.8 Å². The second kappa shape index (κ2) is 2.84. The first-order valence-electron chi connectivity index (χ1n) is 3.33. The van der Waals surface area contributed by atoms with E-state index in [0.29, 0.717) is 0 Å². The third-order valence-electron chi connectivity index (χ3n) is 1.85. The Kier molecular flexibility index (Phi) is 2.25. The van der Waals surface area contributed by atoms with Crippen LogP contribution in [0.3, 0.4) is 0 Å². The summed E-state index contributed by atoms with van der Waals surface area (Å²) >= 11 is 0. The van der Waals surface area contributed by atoms with E-state index < -0.39 is 24.4 Å². The molecule has 0 radical (unpaired) electrons. The van der Waals surface area contributed by atoms with Gasteiger partial charge in [-0.15, -0.1) is 0 Å². The van der Waals surface area contributed by atoms with E-state index in [2.05, 4.69) is 0 Å². The maximum Gasteiger partial charge on any atom is 0.0825 e. The van der Waals surface area contributed by atoms with Gasteiger partial charge in [0.05, 0.1) is 24.4 Å². The van der Waals surface area contributed by atoms with Crippen LogP contribution in [0, 0.1) is 0 Å². The Hall–Kier alpha value is -0.160. The second-order valence-electron chi connectivity index (χ2n) is 2.74. The minimum Gasteiger partial charge on any atom is -0.390 e. The van der Waals surface area contributed by atoms with Gasteiger partial charge in [0.25, 0.3) is 0 Å². The molecule has 1 aliphatic rings. The molecule has 1 fully saturated rings. The van der Waals surface area contributed by atoms with Crippen molar-refractivity contribution in [2.75, 3.05) is 0 Å². The van der Waals surface area contributed by atoms with E-state index in [1.165, 1.54) is 0 Å². The van der Waals surface area contributed by atoms with Crippen LogP contribution in [0.5, 0.6) is 0 Å². The monoisotopic (exact) mass is 148 g/mol. The van der Waals surface area contributed by atoms with E-state index in [1.807, 2.05) is 0 Å². The zero-order chi connectivity index (χ0) is 7.72. The molecule has 0 aromatic carbocycles. The lowest BCUT2D eigenvalue weighted by Gasteiger charge is -2.30. The van der Waals surface area contributed by atoms with Crippen LogP contribution >= 0.6 is 0 Å². The molecule has 0 aliphatic heterocycles. The van der Waals surface area contributed by atoms with E-state index in [0.717, 1.165) is 0 Å². The van der Waals surface area contributed by atoms with Crippen LogP contribution in [0.1, 0.15) is 12.8 Å². The summed E-state index contributed by atoms with van der Waals surface area (Å²) < 4.78 is 0. The van der Waals surface area contributed by atoms with E-state index >= 15 is 0 Å². The lowest BCUT2D eigenvalue weighted by atomic mass is 9.90. The smallest absolute Gasteiger partial charge is 0.0825 e. The van der Waals surface area contributed by atoms with E-state index in [-0.39, 0.29) is 12.8 Å². The molecule has 1 saturated carbocycles. The number of rotatable bonds is 0. The molecule has 4 nitrogen and oxygen atoms in total. The lowest BCUT2D eigenvalue weighted by molar-refractivity contribution is -0.107. The van der Waals surface area contributed by atoms with Gasteiger partial charge in [0.15, 0.2) is 0 Å². The van der Waals surface area contributed by atoms with E-state index in [4.69, 9.17) is 20.4 Å². The Bertz CT molecular complexity index is 90.3.